The fourth-order valence-corrected chi connectivity index (χ4v) is 1.65. The normalized spacial score (nSPS) is 10.3. The Balaban J connectivity index is 2.29. The number of nitrogens with zero attached hydrogens (tertiary/aromatic N) is 3. The van der Waals surface area contributed by atoms with Gasteiger partial charge in [-0.05, 0) is 18.6 Å². The van der Waals surface area contributed by atoms with Crippen molar-refractivity contribution in [2.24, 2.45) is 0 Å². The Morgan fingerprint density at radius 2 is 2.33 bits per heavy atom. The van der Waals surface area contributed by atoms with Gasteiger partial charge in [-0.25, -0.2) is 0 Å². The molecule has 1 amide bonds. The van der Waals surface area contributed by atoms with E-state index in [1.165, 1.54) is 4.90 Å². The summed E-state index contributed by atoms with van der Waals surface area (Å²) in [5.74, 6) is -0.253. The molecule has 0 fully saturated rings. The largest absolute Gasteiger partial charge is 0.395 e. The molecular formula is C12H15N5O. The van der Waals surface area contributed by atoms with E-state index in [-0.39, 0.29) is 11.6 Å². The predicted octanol–water partition coefficient (Wildman–Crippen LogP) is 1.23. The maximum atomic E-state index is 12.2. The zero-order chi connectivity index (χ0) is 13.1. The number of carbonyl (C=O) groups excluding carboxylic acids is 1. The van der Waals surface area contributed by atoms with Gasteiger partial charge < -0.3 is 10.6 Å². The van der Waals surface area contributed by atoms with Crippen molar-refractivity contribution in [1.29, 1.82) is 0 Å². The van der Waals surface area contributed by atoms with Gasteiger partial charge in [0.1, 0.15) is 0 Å². The third kappa shape index (κ3) is 2.04. The van der Waals surface area contributed by atoms with Crippen molar-refractivity contribution in [2.75, 3.05) is 17.7 Å². The van der Waals surface area contributed by atoms with Crippen molar-refractivity contribution in [2.45, 2.75) is 13.3 Å². The fraction of sp³-hybridized carbons (Fsp3) is 0.250. The molecule has 18 heavy (non-hydrogen) atoms. The first-order valence-corrected chi connectivity index (χ1v) is 5.66. The standard InChI is InChI=1S/C12H15N5O/c1-3-9-10(13)11(16-15-9)12(18)17(2)8-5-4-6-14-7-8/h4-7H,3,13H2,1-2H3,(H,15,16). The number of nitrogens with two attached hydrogens (primary N) is 1. The summed E-state index contributed by atoms with van der Waals surface area (Å²) in [4.78, 5) is 17.7. The third-order valence-corrected chi connectivity index (χ3v) is 2.78. The second-order valence-corrected chi connectivity index (χ2v) is 3.89. The van der Waals surface area contributed by atoms with Gasteiger partial charge in [-0.1, -0.05) is 6.92 Å². The first kappa shape index (κ1) is 12.1. The van der Waals surface area contributed by atoms with Crippen LogP contribution in [0.4, 0.5) is 11.4 Å². The van der Waals surface area contributed by atoms with Crippen molar-refractivity contribution in [3.05, 3.63) is 35.9 Å². The third-order valence-electron chi connectivity index (χ3n) is 2.78. The minimum Gasteiger partial charge on any atom is -0.395 e. The van der Waals surface area contributed by atoms with Gasteiger partial charge >= 0.3 is 0 Å². The molecule has 2 heterocycles. The van der Waals surface area contributed by atoms with Crippen molar-refractivity contribution >= 4 is 17.3 Å². The number of aryl methyl sites for hydroxylation is 1. The lowest BCUT2D eigenvalue weighted by Gasteiger charge is -2.15. The van der Waals surface area contributed by atoms with Crippen molar-refractivity contribution in [1.82, 2.24) is 15.2 Å². The van der Waals surface area contributed by atoms with Crippen LogP contribution in [0.3, 0.4) is 0 Å². The van der Waals surface area contributed by atoms with Gasteiger partial charge in [-0.3, -0.25) is 14.9 Å². The number of aromatic amines is 1. The first-order valence-electron chi connectivity index (χ1n) is 5.66. The highest BCUT2D eigenvalue weighted by atomic mass is 16.2. The van der Waals surface area contributed by atoms with Gasteiger partial charge in [0.2, 0.25) is 0 Å². The summed E-state index contributed by atoms with van der Waals surface area (Å²) in [7, 11) is 1.67. The van der Waals surface area contributed by atoms with Gasteiger partial charge in [0, 0.05) is 13.2 Å². The number of anilines is 2. The van der Waals surface area contributed by atoms with Crippen LogP contribution in [0.25, 0.3) is 0 Å². The van der Waals surface area contributed by atoms with Crippen LogP contribution in [0.2, 0.25) is 0 Å². The second kappa shape index (κ2) is 4.87. The summed E-state index contributed by atoms with van der Waals surface area (Å²) in [5.41, 5.74) is 8.01. The van der Waals surface area contributed by atoms with Crippen LogP contribution >= 0.6 is 0 Å². The Bertz CT molecular complexity index is 549. The number of carbonyl (C=O) groups is 1. The molecule has 2 aromatic heterocycles. The van der Waals surface area contributed by atoms with E-state index in [9.17, 15) is 4.79 Å². The van der Waals surface area contributed by atoms with Crippen LogP contribution in [-0.4, -0.2) is 28.1 Å². The van der Waals surface area contributed by atoms with Crippen molar-refractivity contribution in [3.63, 3.8) is 0 Å². The highest BCUT2D eigenvalue weighted by Gasteiger charge is 2.20. The quantitative estimate of drug-likeness (QED) is 0.851. The molecule has 3 N–H and O–H groups in total. The molecular weight excluding hydrogens is 230 g/mol. The second-order valence-electron chi connectivity index (χ2n) is 3.89. The minimum atomic E-state index is -0.253. The summed E-state index contributed by atoms with van der Waals surface area (Å²) in [6, 6.07) is 3.57. The van der Waals surface area contributed by atoms with E-state index >= 15 is 0 Å². The molecule has 0 saturated carbocycles. The molecule has 0 atom stereocenters. The van der Waals surface area contributed by atoms with Crippen LogP contribution in [-0.2, 0) is 6.42 Å². The van der Waals surface area contributed by atoms with Crippen LogP contribution < -0.4 is 10.6 Å². The molecule has 0 aromatic carbocycles. The average Bonchev–Trinajstić information content (AvgIpc) is 2.79. The highest BCUT2D eigenvalue weighted by molar-refractivity contribution is 6.07. The van der Waals surface area contributed by atoms with E-state index in [0.29, 0.717) is 17.8 Å². The number of amides is 1. The molecule has 6 heteroatoms. The van der Waals surface area contributed by atoms with Gasteiger partial charge in [-0.2, -0.15) is 5.10 Å². The van der Waals surface area contributed by atoms with Crippen LogP contribution in [0.1, 0.15) is 23.1 Å². The Labute approximate surface area is 105 Å². The lowest BCUT2D eigenvalue weighted by atomic mass is 10.2. The van der Waals surface area contributed by atoms with E-state index in [4.69, 9.17) is 5.73 Å². The Morgan fingerprint density at radius 3 is 2.89 bits per heavy atom. The molecule has 94 valence electrons. The van der Waals surface area contributed by atoms with Gasteiger partial charge in [0.15, 0.2) is 5.69 Å². The molecule has 6 nitrogen and oxygen atoms in total. The molecule has 0 radical (unpaired) electrons. The van der Waals surface area contributed by atoms with Crippen LogP contribution in [0, 0.1) is 0 Å². The summed E-state index contributed by atoms with van der Waals surface area (Å²) >= 11 is 0. The predicted molar refractivity (Wildman–Crippen MR) is 69.3 cm³/mol. The monoisotopic (exact) mass is 245 g/mol. The van der Waals surface area contributed by atoms with Gasteiger partial charge in [0.05, 0.1) is 23.3 Å². The Kier molecular flexibility index (Phi) is 3.27. The molecule has 0 unspecified atom stereocenters. The van der Waals surface area contributed by atoms with E-state index < -0.39 is 0 Å². The molecule has 0 bridgehead atoms. The van der Waals surface area contributed by atoms with E-state index in [2.05, 4.69) is 15.2 Å². The first-order chi connectivity index (χ1) is 8.65. The summed E-state index contributed by atoms with van der Waals surface area (Å²) < 4.78 is 0. The van der Waals surface area contributed by atoms with E-state index in [0.717, 1.165) is 5.69 Å². The number of pyridine rings is 1. The molecule has 2 aromatic rings. The van der Waals surface area contributed by atoms with Gasteiger partial charge in [0.25, 0.3) is 5.91 Å². The fourth-order valence-electron chi connectivity index (χ4n) is 1.65. The summed E-state index contributed by atoms with van der Waals surface area (Å²) in [5, 5.41) is 6.74. The van der Waals surface area contributed by atoms with Crippen molar-refractivity contribution in [3.8, 4) is 0 Å². The molecule has 0 aliphatic rings. The van der Waals surface area contributed by atoms with Crippen LogP contribution in [0.15, 0.2) is 24.5 Å². The SMILES string of the molecule is CCc1[nH]nc(C(=O)N(C)c2cccnc2)c1N. The molecule has 0 saturated heterocycles. The van der Waals surface area contributed by atoms with Gasteiger partial charge in [-0.15, -0.1) is 0 Å². The maximum absolute atomic E-state index is 12.2. The smallest absolute Gasteiger partial charge is 0.280 e. The number of hydrogen-bond acceptors (Lipinski definition) is 4. The Hall–Kier alpha value is -2.37. The molecule has 0 spiro atoms. The van der Waals surface area contributed by atoms with E-state index in [1.54, 1.807) is 31.6 Å². The van der Waals surface area contributed by atoms with Crippen LogP contribution in [0.5, 0.6) is 0 Å². The summed E-state index contributed by atoms with van der Waals surface area (Å²) in [6.45, 7) is 1.95. The number of nitrogens with one attached hydrogen (secondary N) is 1. The average molecular weight is 245 g/mol. The zero-order valence-corrected chi connectivity index (χ0v) is 10.3. The number of nitrogen functional groups attached to an aromatic ring is 1. The highest BCUT2D eigenvalue weighted by Crippen LogP contribution is 2.19. The summed E-state index contributed by atoms with van der Waals surface area (Å²) in [6.07, 6.45) is 3.98. The lowest BCUT2D eigenvalue weighted by molar-refractivity contribution is 0.0989. The van der Waals surface area contributed by atoms with E-state index in [1.807, 2.05) is 6.92 Å². The van der Waals surface area contributed by atoms with Crippen molar-refractivity contribution < 1.29 is 4.79 Å². The lowest BCUT2D eigenvalue weighted by Crippen LogP contribution is -2.27. The Morgan fingerprint density at radius 1 is 1.56 bits per heavy atom. The maximum Gasteiger partial charge on any atom is 0.280 e. The number of rotatable bonds is 3. The number of hydrogen-bond donors (Lipinski definition) is 2. The topological polar surface area (TPSA) is 87.9 Å². The number of aromatic nitrogens is 3. The molecule has 0 aliphatic carbocycles. The zero-order valence-electron chi connectivity index (χ0n) is 10.3. The molecule has 2 rings (SSSR count). The minimum absolute atomic E-state index is 0.248. The molecule has 0 aliphatic heterocycles. The number of H-pyrrole nitrogens is 1.